The number of rotatable bonds is 8. The average molecular weight is 317 g/mol. The van der Waals surface area contributed by atoms with Crippen LogP contribution in [0.4, 0.5) is 0 Å². The summed E-state index contributed by atoms with van der Waals surface area (Å²) in [4.78, 5) is 0. The maximum absolute atomic E-state index is 9.64. The molecule has 1 rings (SSSR count). The second-order valence-corrected chi connectivity index (χ2v) is 5.09. The Morgan fingerprint density at radius 2 is 2.06 bits per heavy atom. The van der Waals surface area contributed by atoms with Crippen LogP contribution in [0.2, 0.25) is 0 Å². The van der Waals surface area contributed by atoms with Gasteiger partial charge in [0, 0.05) is 16.6 Å². The third-order valence-corrected chi connectivity index (χ3v) is 3.05. The van der Waals surface area contributed by atoms with Gasteiger partial charge in [0.05, 0.1) is 12.7 Å². The average Bonchev–Trinajstić information content (AvgIpc) is 2.33. The van der Waals surface area contributed by atoms with Crippen molar-refractivity contribution in [2.24, 2.45) is 0 Å². The van der Waals surface area contributed by atoms with Crippen LogP contribution in [0.1, 0.15) is 38.4 Å². The van der Waals surface area contributed by atoms with Gasteiger partial charge in [-0.3, -0.25) is 0 Å². The highest BCUT2D eigenvalue weighted by atomic mass is 79.9. The molecule has 0 aliphatic carbocycles. The number of halogens is 1. The molecule has 0 radical (unpaired) electrons. The number of aliphatic hydroxyl groups is 1. The maximum atomic E-state index is 9.64. The standard InChI is InChI=1S/C14H21BrO3/c1-3-4-7-17-8-9-18-14-10-12(15)5-6-13(14)11(2)16/h5-6,10-11,16H,3-4,7-9H2,1-2H3/t11-/m0/s1. The molecule has 1 aromatic carbocycles. The first-order valence-corrected chi connectivity index (χ1v) is 7.12. The van der Waals surface area contributed by atoms with E-state index in [0.29, 0.717) is 19.0 Å². The van der Waals surface area contributed by atoms with E-state index in [0.717, 1.165) is 29.5 Å². The molecule has 0 aromatic heterocycles. The molecule has 18 heavy (non-hydrogen) atoms. The third kappa shape index (κ3) is 5.38. The predicted molar refractivity (Wildman–Crippen MR) is 76.0 cm³/mol. The molecule has 0 amide bonds. The summed E-state index contributed by atoms with van der Waals surface area (Å²) in [5.74, 6) is 0.707. The Bertz CT molecular complexity index is 353. The Kier molecular flexibility index (Phi) is 7.32. The van der Waals surface area contributed by atoms with E-state index in [9.17, 15) is 5.11 Å². The van der Waals surface area contributed by atoms with Crippen LogP contribution in [-0.4, -0.2) is 24.9 Å². The number of hydrogen-bond acceptors (Lipinski definition) is 3. The van der Waals surface area contributed by atoms with Crippen LogP contribution < -0.4 is 4.74 Å². The number of unbranched alkanes of at least 4 members (excludes halogenated alkanes) is 1. The highest BCUT2D eigenvalue weighted by molar-refractivity contribution is 9.10. The lowest BCUT2D eigenvalue weighted by molar-refractivity contribution is 0.0962. The summed E-state index contributed by atoms with van der Waals surface area (Å²) in [6.45, 7) is 5.72. The largest absolute Gasteiger partial charge is 0.491 e. The van der Waals surface area contributed by atoms with E-state index in [1.807, 2.05) is 18.2 Å². The van der Waals surface area contributed by atoms with Gasteiger partial charge in [0.15, 0.2) is 0 Å². The molecular formula is C14H21BrO3. The molecule has 4 heteroatoms. The Hall–Kier alpha value is -0.580. The van der Waals surface area contributed by atoms with E-state index >= 15 is 0 Å². The van der Waals surface area contributed by atoms with Crippen molar-refractivity contribution in [3.63, 3.8) is 0 Å². The lowest BCUT2D eigenvalue weighted by atomic mass is 10.1. The molecule has 0 unspecified atom stereocenters. The van der Waals surface area contributed by atoms with E-state index in [1.165, 1.54) is 0 Å². The van der Waals surface area contributed by atoms with Gasteiger partial charge >= 0.3 is 0 Å². The van der Waals surface area contributed by atoms with E-state index in [4.69, 9.17) is 9.47 Å². The number of aliphatic hydroxyl groups excluding tert-OH is 1. The van der Waals surface area contributed by atoms with E-state index in [1.54, 1.807) is 6.92 Å². The van der Waals surface area contributed by atoms with Gasteiger partial charge in [-0.15, -0.1) is 0 Å². The first kappa shape index (κ1) is 15.5. The molecule has 0 fully saturated rings. The molecule has 0 saturated heterocycles. The van der Waals surface area contributed by atoms with Gasteiger partial charge in [-0.05, 0) is 25.5 Å². The monoisotopic (exact) mass is 316 g/mol. The molecule has 1 aromatic rings. The number of ether oxygens (including phenoxy) is 2. The van der Waals surface area contributed by atoms with Crippen LogP contribution in [0.15, 0.2) is 22.7 Å². The highest BCUT2D eigenvalue weighted by Crippen LogP contribution is 2.28. The van der Waals surface area contributed by atoms with Gasteiger partial charge in [-0.2, -0.15) is 0 Å². The summed E-state index contributed by atoms with van der Waals surface area (Å²) < 4.78 is 12.0. The van der Waals surface area contributed by atoms with Gasteiger partial charge in [0.2, 0.25) is 0 Å². The van der Waals surface area contributed by atoms with Crippen LogP contribution in [0, 0.1) is 0 Å². The van der Waals surface area contributed by atoms with Crippen molar-refractivity contribution < 1.29 is 14.6 Å². The van der Waals surface area contributed by atoms with E-state index < -0.39 is 6.10 Å². The molecular weight excluding hydrogens is 296 g/mol. The van der Waals surface area contributed by atoms with Crippen molar-refractivity contribution in [3.8, 4) is 5.75 Å². The summed E-state index contributed by atoms with van der Waals surface area (Å²) >= 11 is 3.40. The van der Waals surface area contributed by atoms with Crippen molar-refractivity contribution in [1.82, 2.24) is 0 Å². The zero-order valence-corrected chi connectivity index (χ0v) is 12.6. The summed E-state index contributed by atoms with van der Waals surface area (Å²) in [5, 5.41) is 9.64. The molecule has 0 spiro atoms. The fourth-order valence-corrected chi connectivity index (χ4v) is 1.88. The minimum absolute atomic E-state index is 0.500. The summed E-state index contributed by atoms with van der Waals surface area (Å²) in [7, 11) is 0. The van der Waals surface area contributed by atoms with Crippen molar-refractivity contribution in [1.29, 1.82) is 0 Å². The quantitative estimate of drug-likeness (QED) is 0.743. The molecule has 0 heterocycles. The summed E-state index contributed by atoms with van der Waals surface area (Å²) in [6, 6.07) is 5.63. The molecule has 0 aliphatic rings. The van der Waals surface area contributed by atoms with Gasteiger partial charge in [-0.1, -0.05) is 35.3 Å². The van der Waals surface area contributed by atoms with E-state index in [2.05, 4.69) is 22.9 Å². The zero-order valence-electron chi connectivity index (χ0n) is 11.0. The molecule has 3 nitrogen and oxygen atoms in total. The minimum atomic E-state index is -0.533. The van der Waals surface area contributed by atoms with Gasteiger partial charge < -0.3 is 14.6 Å². The molecule has 0 aliphatic heterocycles. The first-order valence-electron chi connectivity index (χ1n) is 6.33. The Morgan fingerprint density at radius 3 is 2.72 bits per heavy atom. The lowest BCUT2D eigenvalue weighted by Gasteiger charge is -2.14. The fraction of sp³-hybridized carbons (Fsp3) is 0.571. The Morgan fingerprint density at radius 1 is 1.28 bits per heavy atom. The maximum Gasteiger partial charge on any atom is 0.126 e. The van der Waals surface area contributed by atoms with Crippen LogP contribution in [-0.2, 0) is 4.74 Å². The highest BCUT2D eigenvalue weighted by Gasteiger charge is 2.09. The van der Waals surface area contributed by atoms with Crippen LogP contribution in [0.25, 0.3) is 0 Å². The first-order chi connectivity index (χ1) is 8.65. The van der Waals surface area contributed by atoms with Crippen molar-refractivity contribution in [3.05, 3.63) is 28.2 Å². The zero-order chi connectivity index (χ0) is 13.4. The smallest absolute Gasteiger partial charge is 0.126 e. The normalized spacial score (nSPS) is 12.4. The lowest BCUT2D eigenvalue weighted by Crippen LogP contribution is -2.09. The van der Waals surface area contributed by atoms with Gasteiger partial charge in [0.1, 0.15) is 12.4 Å². The molecule has 1 N–H and O–H groups in total. The topological polar surface area (TPSA) is 38.7 Å². The Balaban J connectivity index is 2.43. The van der Waals surface area contributed by atoms with Gasteiger partial charge in [0.25, 0.3) is 0 Å². The molecule has 0 saturated carbocycles. The molecule has 102 valence electrons. The number of benzene rings is 1. The van der Waals surface area contributed by atoms with Gasteiger partial charge in [-0.25, -0.2) is 0 Å². The minimum Gasteiger partial charge on any atom is -0.491 e. The predicted octanol–water partition coefficient (Wildman–Crippen LogP) is 3.70. The van der Waals surface area contributed by atoms with E-state index in [-0.39, 0.29) is 0 Å². The Labute approximate surface area is 117 Å². The third-order valence-electron chi connectivity index (χ3n) is 2.55. The van der Waals surface area contributed by atoms with Crippen molar-refractivity contribution >= 4 is 15.9 Å². The summed E-state index contributed by atoms with van der Waals surface area (Å²) in [6.07, 6.45) is 1.68. The van der Waals surface area contributed by atoms with Crippen molar-refractivity contribution in [2.75, 3.05) is 19.8 Å². The molecule has 1 atom stereocenters. The number of hydrogen-bond donors (Lipinski definition) is 1. The molecule has 0 bridgehead atoms. The second kappa shape index (κ2) is 8.51. The summed E-state index contributed by atoms with van der Waals surface area (Å²) in [5.41, 5.74) is 0.798. The SMILES string of the molecule is CCCCOCCOc1cc(Br)ccc1[C@H](C)O. The van der Waals surface area contributed by atoms with Crippen LogP contribution in [0.3, 0.4) is 0 Å². The van der Waals surface area contributed by atoms with Crippen LogP contribution in [0.5, 0.6) is 5.75 Å². The van der Waals surface area contributed by atoms with Crippen molar-refractivity contribution in [2.45, 2.75) is 32.8 Å². The second-order valence-electron chi connectivity index (χ2n) is 4.17. The fourth-order valence-electron chi connectivity index (χ4n) is 1.54. The van der Waals surface area contributed by atoms with Crippen LogP contribution >= 0.6 is 15.9 Å².